The molecule has 0 aliphatic heterocycles. The quantitative estimate of drug-likeness (QED) is 0.0544. The Labute approximate surface area is 338 Å². The summed E-state index contributed by atoms with van der Waals surface area (Å²) >= 11 is 1.04. The van der Waals surface area contributed by atoms with E-state index in [9.17, 15) is 24.3 Å². The normalized spacial score (nSPS) is 13.2. The van der Waals surface area contributed by atoms with Gasteiger partial charge >= 0.3 is 11.0 Å². The summed E-state index contributed by atoms with van der Waals surface area (Å²) in [6, 6.07) is 30.4. The van der Waals surface area contributed by atoms with E-state index in [4.69, 9.17) is 4.74 Å². The largest absolute Gasteiger partial charge is 0.506 e. The first-order chi connectivity index (χ1) is 27.8. The van der Waals surface area contributed by atoms with Gasteiger partial charge in [-0.1, -0.05) is 116 Å². The number of nitrogens with zero attached hydrogens (tertiary/aromatic N) is 2. The average Bonchev–Trinajstić information content (AvgIpc) is 3.45. The standard InChI is InChI=1S/C45H53N5O6S/c51-39-22-21-36(42-41(39)48-44(54)57-42)25-28-49(45(55)56-32-35-13-7-4-8-14-35)29-30-50(38-15-9-1-2-10-16-38)40(52)24-27-46-26-23-33-17-19-37(20-18-33)43(53)47-31-34-11-5-3-6-12-34/h3-8,11-14,17-22,38,46,51H,1-2,9-10,15-16,23-32H2,(H,47,53)(H,48,54). The van der Waals surface area contributed by atoms with Crippen LogP contribution in [0.2, 0.25) is 0 Å². The number of aromatic hydroxyl groups is 1. The van der Waals surface area contributed by atoms with Crippen LogP contribution in [0, 0.1) is 0 Å². The molecule has 4 aromatic carbocycles. The zero-order chi connectivity index (χ0) is 39.8. The topological polar surface area (TPSA) is 144 Å². The van der Waals surface area contributed by atoms with E-state index in [2.05, 4.69) is 15.6 Å². The van der Waals surface area contributed by atoms with Crippen molar-refractivity contribution in [2.24, 2.45) is 0 Å². The van der Waals surface area contributed by atoms with E-state index >= 15 is 0 Å². The van der Waals surface area contributed by atoms with Gasteiger partial charge < -0.3 is 35.3 Å². The zero-order valence-corrected chi connectivity index (χ0v) is 33.2. The van der Waals surface area contributed by atoms with Crippen LogP contribution in [0.25, 0.3) is 10.2 Å². The number of nitrogens with one attached hydrogen (secondary N) is 3. The molecule has 300 valence electrons. The molecule has 1 heterocycles. The first-order valence-electron chi connectivity index (χ1n) is 20.0. The van der Waals surface area contributed by atoms with Crippen molar-refractivity contribution in [2.75, 3.05) is 32.7 Å². The number of thiazole rings is 1. The molecule has 1 fully saturated rings. The number of phenols is 1. The summed E-state index contributed by atoms with van der Waals surface area (Å²) in [5.41, 5.74) is 4.89. The fourth-order valence-electron chi connectivity index (χ4n) is 7.34. The molecule has 4 N–H and O–H groups in total. The van der Waals surface area contributed by atoms with Gasteiger partial charge in [-0.2, -0.15) is 0 Å². The minimum absolute atomic E-state index is 0.00751. The molecule has 0 spiro atoms. The lowest BCUT2D eigenvalue weighted by Gasteiger charge is -2.33. The maximum absolute atomic E-state index is 13.9. The van der Waals surface area contributed by atoms with Gasteiger partial charge in [0.1, 0.15) is 17.9 Å². The summed E-state index contributed by atoms with van der Waals surface area (Å²) in [6.45, 7) is 2.83. The van der Waals surface area contributed by atoms with Crippen LogP contribution in [0.3, 0.4) is 0 Å². The van der Waals surface area contributed by atoms with Crippen LogP contribution in [0.1, 0.15) is 77.6 Å². The highest BCUT2D eigenvalue weighted by Crippen LogP contribution is 2.28. The SMILES string of the molecule is O=C(NCc1ccccc1)c1ccc(CCNCCC(=O)N(CCN(CCc2ccc(O)c3[nH]c(=O)sc23)C(=O)OCc2ccccc2)C2CCCCCC2)cc1. The van der Waals surface area contributed by atoms with Gasteiger partial charge in [0.25, 0.3) is 5.91 Å². The number of hydrogen-bond donors (Lipinski definition) is 4. The summed E-state index contributed by atoms with van der Waals surface area (Å²) < 4.78 is 6.45. The van der Waals surface area contributed by atoms with E-state index in [1.165, 1.54) is 0 Å². The summed E-state index contributed by atoms with van der Waals surface area (Å²) in [5.74, 6) is -0.0365. The number of rotatable bonds is 18. The van der Waals surface area contributed by atoms with Gasteiger partial charge in [-0.25, -0.2) is 4.79 Å². The molecule has 6 rings (SSSR count). The lowest BCUT2D eigenvalue weighted by atomic mass is 10.1. The number of carbonyl (C=O) groups is 3. The van der Waals surface area contributed by atoms with Gasteiger partial charge in [-0.05, 0) is 72.7 Å². The van der Waals surface area contributed by atoms with Crippen molar-refractivity contribution in [1.82, 2.24) is 25.4 Å². The van der Waals surface area contributed by atoms with Gasteiger partial charge in [0.2, 0.25) is 5.91 Å². The van der Waals surface area contributed by atoms with E-state index in [-0.39, 0.29) is 35.1 Å². The minimum atomic E-state index is -0.466. The van der Waals surface area contributed by atoms with Gasteiger partial charge in [0, 0.05) is 50.7 Å². The number of ether oxygens (including phenoxy) is 1. The number of aromatic amines is 1. The lowest BCUT2D eigenvalue weighted by molar-refractivity contribution is -0.134. The van der Waals surface area contributed by atoms with Gasteiger partial charge in [0.05, 0.1) is 4.70 Å². The summed E-state index contributed by atoms with van der Waals surface area (Å²) in [7, 11) is 0. The number of amides is 3. The number of phenolic OH excluding ortho intramolecular Hbond substituents is 1. The lowest BCUT2D eigenvalue weighted by Crippen LogP contribution is -2.47. The second-order valence-corrected chi connectivity index (χ2v) is 15.6. The molecule has 0 atom stereocenters. The molecule has 57 heavy (non-hydrogen) atoms. The molecule has 1 aliphatic carbocycles. The average molecular weight is 792 g/mol. The first-order valence-corrected chi connectivity index (χ1v) is 20.9. The molecular formula is C45H53N5O6S. The maximum atomic E-state index is 13.9. The van der Waals surface area contributed by atoms with Crippen LogP contribution < -0.4 is 15.5 Å². The van der Waals surface area contributed by atoms with E-state index in [1.54, 1.807) is 17.0 Å². The first kappa shape index (κ1) is 41.2. The summed E-state index contributed by atoms with van der Waals surface area (Å²) in [4.78, 5) is 58.5. The molecule has 0 bridgehead atoms. The second kappa shape index (κ2) is 21.2. The van der Waals surface area contributed by atoms with E-state index in [1.807, 2.05) is 89.8 Å². The van der Waals surface area contributed by atoms with Crippen molar-refractivity contribution in [3.63, 3.8) is 0 Å². The Hall–Kier alpha value is -5.46. The highest BCUT2D eigenvalue weighted by molar-refractivity contribution is 7.16. The molecule has 0 radical (unpaired) electrons. The van der Waals surface area contributed by atoms with E-state index in [0.717, 1.165) is 78.5 Å². The van der Waals surface area contributed by atoms with Crippen molar-refractivity contribution in [3.05, 3.63) is 135 Å². The molecule has 0 unspecified atom stereocenters. The predicted molar refractivity (Wildman–Crippen MR) is 224 cm³/mol. The molecule has 1 aliphatic rings. The third kappa shape index (κ3) is 12.3. The van der Waals surface area contributed by atoms with Gasteiger partial charge in [0.15, 0.2) is 0 Å². The Balaban J connectivity index is 1.04. The fraction of sp³-hybridized carbons (Fsp3) is 0.378. The number of carbonyl (C=O) groups excluding carboxylic acids is 3. The summed E-state index contributed by atoms with van der Waals surface area (Å²) in [6.07, 6.45) is 7.41. The Morgan fingerprint density at radius 1 is 0.772 bits per heavy atom. The molecule has 1 saturated carbocycles. The number of H-pyrrole nitrogens is 1. The van der Waals surface area contributed by atoms with Gasteiger partial charge in [-0.3, -0.25) is 14.4 Å². The molecule has 5 aromatic rings. The summed E-state index contributed by atoms with van der Waals surface area (Å²) in [5, 5.41) is 16.7. The fourth-order valence-corrected chi connectivity index (χ4v) is 8.24. The monoisotopic (exact) mass is 791 g/mol. The van der Waals surface area contributed by atoms with Crippen LogP contribution >= 0.6 is 11.3 Å². The molecule has 1 aromatic heterocycles. The molecule has 3 amide bonds. The van der Waals surface area contributed by atoms with Crippen molar-refractivity contribution in [3.8, 4) is 5.75 Å². The molecule has 12 heteroatoms. The Morgan fingerprint density at radius 3 is 2.19 bits per heavy atom. The van der Waals surface area contributed by atoms with Crippen LogP contribution in [0.5, 0.6) is 5.75 Å². The Bertz CT molecular complexity index is 2100. The molecular weight excluding hydrogens is 739 g/mol. The number of fused-ring (bicyclic) bond motifs is 1. The zero-order valence-electron chi connectivity index (χ0n) is 32.4. The van der Waals surface area contributed by atoms with E-state index in [0.29, 0.717) is 67.9 Å². The van der Waals surface area contributed by atoms with Crippen LogP contribution in [-0.2, 0) is 35.5 Å². The second-order valence-electron chi connectivity index (χ2n) is 14.6. The number of benzene rings is 4. The Morgan fingerprint density at radius 2 is 1.47 bits per heavy atom. The number of hydrogen-bond acceptors (Lipinski definition) is 8. The maximum Gasteiger partial charge on any atom is 0.410 e. The van der Waals surface area contributed by atoms with Crippen molar-refractivity contribution < 1.29 is 24.2 Å². The van der Waals surface area contributed by atoms with Crippen molar-refractivity contribution in [1.29, 1.82) is 0 Å². The smallest absolute Gasteiger partial charge is 0.410 e. The molecule has 0 saturated heterocycles. The third-order valence-corrected chi connectivity index (χ3v) is 11.5. The van der Waals surface area contributed by atoms with Gasteiger partial charge in [-0.15, -0.1) is 0 Å². The van der Waals surface area contributed by atoms with Crippen molar-refractivity contribution in [2.45, 2.75) is 77.0 Å². The minimum Gasteiger partial charge on any atom is -0.506 e. The van der Waals surface area contributed by atoms with Crippen LogP contribution in [-0.4, -0.2) is 76.6 Å². The highest BCUT2D eigenvalue weighted by Gasteiger charge is 2.26. The predicted octanol–water partition coefficient (Wildman–Crippen LogP) is 7.18. The van der Waals surface area contributed by atoms with E-state index < -0.39 is 6.09 Å². The van der Waals surface area contributed by atoms with Crippen molar-refractivity contribution >= 4 is 39.5 Å². The number of aromatic nitrogens is 1. The highest BCUT2D eigenvalue weighted by atomic mass is 32.1. The third-order valence-electron chi connectivity index (χ3n) is 10.6. The van der Waals surface area contributed by atoms with Crippen LogP contribution in [0.4, 0.5) is 4.79 Å². The molecule has 11 nitrogen and oxygen atoms in total. The van der Waals surface area contributed by atoms with Crippen LogP contribution in [0.15, 0.2) is 102 Å². The Kier molecular flexibility index (Phi) is 15.3.